The van der Waals surface area contributed by atoms with Crippen LogP contribution in [0.2, 0.25) is 0 Å². The third kappa shape index (κ3) is 3.43. The first-order valence-electron chi connectivity index (χ1n) is 6.54. The highest BCUT2D eigenvalue weighted by atomic mass is 16.5. The maximum atomic E-state index is 11.5. The molecule has 2 aromatic rings. The lowest BCUT2D eigenvalue weighted by Crippen LogP contribution is -2.33. The molecule has 116 valence electrons. The van der Waals surface area contributed by atoms with E-state index < -0.39 is 24.0 Å². The Morgan fingerprint density at radius 3 is 2.73 bits per heavy atom. The van der Waals surface area contributed by atoms with Crippen molar-refractivity contribution in [1.82, 2.24) is 5.32 Å². The van der Waals surface area contributed by atoms with Crippen LogP contribution < -0.4 is 15.7 Å². The summed E-state index contributed by atoms with van der Waals surface area (Å²) in [7, 11) is 0. The van der Waals surface area contributed by atoms with E-state index in [1.165, 1.54) is 6.07 Å². The molecule has 1 amide bonds. The number of hydrogen-bond acceptors (Lipinski definition) is 5. The molecule has 0 saturated carbocycles. The summed E-state index contributed by atoms with van der Waals surface area (Å²) in [5.41, 5.74) is 1.35. The predicted octanol–water partition coefficient (Wildman–Crippen LogP) is 0.989. The second-order valence-corrected chi connectivity index (χ2v) is 4.77. The highest BCUT2D eigenvalue weighted by Crippen LogP contribution is 2.27. The van der Waals surface area contributed by atoms with Crippen molar-refractivity contribution in [2.75, 3.05) is 13.2 Å². The number of benzene rings is 1. The van der Waals surface area contributed by atoms with E-state index in [4.69, 9.17) is 14.3 Å². The van der Waals surface area contributed by atoms with E-state index in [9.17, 15) is 14.4 Å². The fourth-order valence-corrected chi connectivity index (χ4v) is 2.03. The van der Waals surface area contributed by atoms with Crippen molar-refractivity contribution in [3.63, 3.8) is 0 Å². The van der Waals surface area contributed by atoms with Crippen molar-refractivity contribution in [3.8, 4) is 5.75 Å². The van der Waals surface area contributed by atoms with Crippen LogP contribution in [0.1, 0.15) is 11.1 Å². The Kier molecular flexibility index (Phi) is 4.45. The van der Waals surface area contributed by atoms with Gasteiger partial charge in [0.15, 0.2) is 6.61 Å². The molecule has 1 heterocycles. The van der Waals surface area contributed by atoms with Crippen LogP contribution in [0.15, 0.2) is 27.4 Å². The van der Waals surface area contributed by atoms with Gasteiger partial charge in [0.25, 0.3) is 5.91 Å². The molecule has 0 spiro atoms. The van der Waals surface area contributed by atoms with E-state index in [2.05, 4.69) is 5.32 Å². The van der Waals surface area contributed by atoms with Gasteiger partial charge in [0.05, 0.1) is 0 Å². The first kappa shape index (κ1) is 15.6. The number of aliphatic carboxylic acids is 1. The van der Waals surface area contributed by atoms with Gasteiger partial charge in [-0.2, -0.15) is 0 Å². The lowest BCUT2D eigenvalue weighted by Gasteiger charge is -2.11. The molecule has 1 aromatic carbocycles. The zero-order valence-corrected chi connectivity index (χ0v) is 12.1. The average Bonchev–Trinajstić information content (AvgIpc) is 2.45. The smallest absolute Gasteiger partial charge is 0.336 e. The molecular weight excluding hydrogens is 290 g/mol. The molecule has 0 aliphatic heterocycles. The van der Waals surface area contributed by atoms with Gasteiger partial charge in [-0.05, 0) is 31.5 Å². The summed E-state index contributed by atoms with van der Waals surface area (Å²) in [4.78, 5) is 33.2. The van der Waals surface area contributed by atoms with Gasteiger partial charge in [-0.3, -0.25) is 9.59 Å². The second kappa shape index (κ2) is 6.30. The van der Waals surface area contributed by atoms with E-state index in [1.807, 2.05) is 0 Å². The van der Waals surface area contributed by atoms with E-state index in [-0.39, 0.29) is 6.61 Å². The van der Waals surface area contributed by atoms with Gasteiger partial charge >= 0.3 is 11.6 Å². The van der Waals surface area contributed by atoms with Gasteiger partial charge in [-0.15, -0.1) is 0 Å². The fraction of sp³-hybridized carbons (Fsp3) is 0.267. The number of amides is 1. The van der Waals surface area contributed by atoms with Crippen LogP contribution in [0, 0.1) is 13.8 Å². The molecule has 7 heteroatoms. The molecule has 0 bridgehead atoms. The van der Waals surface area contributed by atoms with Crippen LogP contribution in [0.4, 0.5) is 0 Å². The topological polar surface area (TPSA) is 106 Å². The van der Waals surface area contributed by atoms with E-state index >= 15 is 0 Å². The van der Waals surface area contributed by atoms with E-state index in [1.54, 1.807) is 26.0 Å². The number of carboxylic acids is 1. The van der Waals surface area contributed by atoms with Crippen molar-refractivity contribution in [3.05, 3.63) is 39.7 Å². The Hall–Kier alpha value is -2.83. The van der Waals surface area contributed by atoms with Crippen molar-refractivity contribution < 1.29 is 23.8 Å². The monoisotopic (exact) mass is 305 g/mol. The van der Waals surface area contributed by atoms with Crippen molar-refractivity contribution in [2.24, 2.45) is 0 Å². The Bertz CT molecular complexity index is 792. The fourth-order valence-electron chi connectivity index (χ4n) is 2.03. The highest BCUT2D eigenvalue weighted by Gasteiger charge is 2.11. The van der Waals surface area contributed by atoms with Gasteiger partial charge in [0.2, 0.25) is 0 Å². The first-order valence-corrected chi connectivity index (χ1v) is 6.54. The summed E-state index contributed by atoms with van der Waals surface area (Å²) in [6.45, 7) is 2.73. The molecule has 2 N–H and O–H groups in total. The summed E-state index contributed by atoms with van der Waals surface area (Å²) in [6, 6.07) is 4.82. The minimum Gasteiger partial charge on any atom is -0.483 e. The van der Waals surface area contributed by atoms with Crippen LogP contribution in [-0.2, 0) is 9.59 Å². The number of carbonyl (C=O) groups excluding carboxylic acids is 1. The van der Waals surface area contributed by atoms with Crippen molar-refractivity contribution in [1.29, 1.82) is 0 Å². The SMILES string of the molecule is Cc1cc(=O)oc2c(C)c(OCC(=O)NCC(=O)O)ccc12. The predicted molar refractivity (Wildman–Crippen MR) is 78.1 cm³/mol. The molecule has 1 aromatic heterocycles. The highest BCUT2D eigenvalue weighted by molar-refractivity contribution is 5.85. The zero-order chi connectivity index (χ0) is 16.3. The summed E-state index contributed by atoms with van der Waals surface area (Å²) in [5, 5.41) is 11.4. The molecule has 22 heavy (non-hydrogen) atoms. The van der Waals surface area contributed by atoms with E-state index in [0.717, 1.165) is 10.9 Å². The first-order chi connectivity index (χ1) is 10.4. The quantitative estimate of drug-likeness (QED) is 0.798. The van der Waals surface area contributed by atoms with Gasteiger partial charge in [-0.1, -0.05) is 0 Å². The molecular formula is C15H15NO6. The summed E-state index contributed by atoms with van der Waals surface area (Å²) >= 11 is 0. The molecule has 7 nitrogen and oxygen atoms in total. The van der Waals surface area contributed by atoms with Crippen LogP contribution >= 0.6 is 0 Å². The minimum absolute atomic E-state index is 0.324. The maximum Gasteiger partial charge on any atom is 0.336 e. The van der Waals surface area contributed by atoms with Crippen LogP contribution in [-0.4, -0.2) is 30.1 Å². The number of hydrogen-bond donors (Lipinski definition) is 2. The van der Waals surface area contributed by atoms with Crippen LogP contribution in [0.25, 0.3) is 11.0 Å². The summed E-state index contributed by atoms with van der Waals surface area (Å²) in [5.74, 6) is -1.29. The molecule has 0 saturated heterocycles. The molecule has 2 rings (SSSR count). The standard InChI is InChI=1S/C15H15NO6/c1-8-5-14(20)22-15-9(2)11(4-3-10(8)15)21-7-12(17)16-6-13(18)19/h3-5H,6-7H2,1-2H3,(H,16,17)(H,18,19). The molecule has 0 aliphatic rings. The largest absolute Gasteiger partial charge is 0.483 e. The summed E-state index contributed by atoms with van der Waals surface area (Å²) in [6.07, 6.45) is 0. The van der Waals surface area contributed by atoms with Gasteiger partial charge < -0.3 is 19.6 Å². The number of aryl methyl sites for hydroxylation is 2. The molecule has 0 radical (unpaired) electrons. The third-order valence-corrected chi connectivity index (χ3v) is 3.11. The van der Waals surface area contributed by atoms with Crippen molar-refractivity contribution >= 4 is 22.8 Å². The lowest BCUT2D eigenvalue weighted by molar-refractivity contribution is -0.138. The maximum absolute atomic E-state index is 11.5. The Morgan fingerprint density at radius 1 is 1.32 bits per heavy atom. The van der Waals surface area contributed by atoms with Gasteiger partial charge in [-0.25, -0.2) is 4.79 Å². The Balaban J connectivity index is 2.19. The number of fused-ring (bicyclic) bond motifs is 1. The molecule has 0 fully saturated rings. The van der Waals surface area contributed by atoms with Gasteiger partial charge in [0.1, 0.15) is 17.9 Å². The third-order valence-electron chi connectivity index (χ3n) is 3.11. The number of nitrogens with one attached hydrogen (secondary N) is 1. The molecule has 0 atom stereocenters. The molecule has 0 unspecified atom stereocenters. The number of carbonyl (C=O) groups is 2. The lowest BCUT2D eigenvalue weighted by atomic mass is 10.1. The van der Waals surface area contributed by atoms with Crippen molar-refractivity contribution in [2.45, 2.75) is 13.8 Å². The minimum atomic E-state index is -1.13. The van der Waals surface area contributed by atoms with Crippen LogP contribution in [0.3, 0.4) is 0 Å². The molecule has 0 aliphatic carbocycles. The zero-order valence-electron chi connectivity index (χ0n) is 12.1. The Morgan fingerprint density at radius 2 is 2.05 bits per heavy atom. The number of rotatable bonds is 5. The number of ether oxygens (including phenoxy) is 1. The number of carboxylic acid groups (broad SMARTS) is 1. The van der Waals surface area contributed by atoms with E-state index in [0.29, 0.717) is 16.9 Å². The average molecular weight is 305 g/mol. The normalized spacial score (nSPS) is 10.5. The Labute approximate surface area is 125 Å². The summed E-state index contributed by atoms with van der Waals surface area (Å²) < 4.78 is 10.5. The van der Waals surface area contributed by atoms with Crippen LogP contribution in [0.5, 0.6) is 5.75 Å². The van der Waals surface area contributed by atoms with Gasteiger partial charge in [0, 0.05) is 17.0 Å². The second-order valence-electron chi connectivity index (χ2n) is 4.77.